The molecule has 0 radical (unpaired) electrons. The summed E-state index contributed by atoms with van der Waals surface area (Å²) in [5, 5.41) is 19.8. The van der Waals surface area contributed by atoms with Crippen LogP contribution in [0.4, 0.5) is 10.1 Å². The molecule has 0 amide bonds. The van der Waals surface area contributed by atoms with E-state index >= 15 is 0 Å². The van der Waals surface area contributed by atoms with E-state index in [1.807, 2.05) is 0 Å². The summed E-state index contributed by atoms with van der Waals surface area (Å²) in [6.45, 7) is -0.203. The van der Waals surface area contributed by atoms with Gasteiger partial charge in [0, 0.05) is 24.7 Å². The summed E-state index contributed by atoms with van der Waals surface area (Å²) in [7, 11) is -4.19. The Morgan fingerprint density at radius 1 is 1.50 bits per heavy atom. The fourth-order valence-corrected chi connectivity index (χ4v) is 4.01. The fourth-order valence-electron chi connectivity index (χ4n) is 2.24. The molecule has 0 unspecified atom stereocenters. The number of hydrogen-bond donors (Lipinski definition) is 1. The van der Waals surface area contributed by atoms with Crippen LogP contribution >= 0.6 is 0 Å². The molecule has 0 saturated carbocycles. The number of nitrogens with zero attached hydrogens (tertiary/aromatic N) is 2. The molecule has 1 aromatic rings. The highest BCUT2D eigenvalue weighted by Gasteiger charge is 2.37. The van der Waals surface area contributed by atoms with Gasteiger partial charge < -0.3 is 5.11 Å². The third kappa shape index (κ3) is 2.51. The molecule has 0 aromatic heterocycles. The van der Waals surface area contributed by atoms with E-state index in [1.165, 1.54) is 0 Å². The molecular weight excluding hydrogens is 291 g/mol. The number of sulfonamides is 1. The molecule has 0 bridgehead atoms. The Balaban J connectivity index is 2.48. The van der Waals surface area contributed by atoms with Crippen molar-refractivity contribution in [1.29, 1.82) is 0 Å². The molecule has 1 aliphatic heterocycles. The topological polar surface area (TPSA) is 101 Å². The van der Waals surface area contributed by atoms with Crippen LogP contribution in [-0.4, -0.2) is 41.9 Å². The highest BCUT2D eigenvalue weighted by atomic mass is 32.2. The van der Waals surface area contributed by atoms with Crippen molar-refractivity contribution < 1.29 is 22.8 Å². The summed E-state index contributed by atoms with van der Waals surface area (Å²) in [5.74, 6) is -1.04. The van der Waals surface area contributed by atoms with Crippen LogP contribution in [0.2, 0.25) is 0 Å². The molecule has 1 N–H and O–H groups in total. The van der Waals surface area contributed by atoms with Crippen molar-refractivity contribution >= 4 is 15.7 Å². The van der Waals surface area contributed by atoms with Gasteiger partial charge in [0.1, 0.15) is 10.7 Å². The number of nitro benzene ring substituents is 1. The van der Waals surface area contributed by atoms with Crippen LogP contribution in [0.5, 0.6) is 0 Å². The van der Waals surface area contributed by atoms with E-state index in [9.17, 15) is 22.9 Å². The van der Waals surface area contributed by atoms with Gasteiger partial charge in [0.25, 0.3) is 5.69 Å². The number of hydrogen-bond acceptors (Lipinski definition) is 5. The van der Waals surface area contributed by atoms with E-state index in [-0.39, 0.29) is 13.2 Å². The Kier molecular flexibility index (Phi) is 4.02. The van der Waals surface area contributed by atoms with E-state index in [2.05, 4.69) is 0 Å². The zero-order chi connectivity index (χ0) is 14.9. The van der Waals surface area contributed by atoms with Crippen LogP contribution in [0, 0.1) is 15.9 Å². The molecule has 0 aliphatic carbocycles. The minimum Gasteiger partial charge on any atom is -0.395 e. The third-order valence-electron chi connectivity index (χ3n) is 3.25. The van der Waals surface area contributed by atoms with Crippen LogP contribution in [0.1, 0.15) is 12.8 Å². The molecule has 110 valence electrons. The minimum atomic E-state index is -4.19. The predicted octanol–water partition coefficient (Wildman–Crippen LogP) is 0.879. The predicted molar refractivity (Wildman–Crippen MR) is 67.1 cm³/mol. The van der Waals surface area contributed by atoms with E-state index < -0.39 is 37.4 Å². The molecular formula is C11H13FN2O5S. The Morgan fingerprint density at radius 2 is 2.20 bits per heavy atom. The first-order valence-corrected chi connectivity index (χ1v) is 7.38. The number of rotatable bonds is 4. The second kappa shape index (κ2) is 5.43. The molecule has 1 atom stereocenters. The standard InChI is InChI=1S/C11H13FN2O5S/c12-10-4-3-8(14(16)17)6-11(10)20(18,19)13-5-1-2-9(13)7-15/h3-4,6,9,15H,1-2,5,7H2/t9-/m1/s1. The summed E-state index contributed by atoms with van der Waals surface area (Å²) in [5.41, 5.74) is -0.496. The van der Waals surface area contributed by atoms with Gasteiger partial charge in [-0.15, -0.1) is 0 Å². The summed E-state index contributed by atoms with van der Waals surface area (Å²) >= 11 is 0. The lowest BCUT2D eigenvalue weighted by atomic mass is 10.2. The highest BCUT2D eigenvalue weighted by Crippen LogP contribution is 2.29. The molecule has 7 nitrogen and oxygen atoms in total. The molecule has 9 heteroatoms. The summed E-state index contributed by atoms with van der Waals surface area (Å²) in [6.07, 6.45) is 1.03. The van der Waals surface area contributed by atoms with Gasteiger partial charge in [0.05, 0.1) is 11.5 Å². The van der Waals surface area contributed by atoms with Crippen LogP contribution in [0.25, 0.3) is 0 Å². The largest absolute Gasteiger partial charge is 0.395 e. The number of non-ortho nitro benzene ring substituents is 1. The molecule has 20 heavy (non-hydrogen) atoms. The normalized spacial score (nSPS) is 20.2. The number of aliphatic hydroxyl groups excluding tert-OH is 1. The average Bonchev–Trinajstić information content (AvgIpc) is 2.87. The fraction of sp³-hybridized carbons (Fsp3) is 0.455. The molecule has 1 aliphatic rings. The van der Waals surface area contributed by atoms with Crippen LogP contribution in [0.3, 0.4) is 0 Å². The van der Waals surface area contributed by atoms with E-state index in [1.54, 1.807) is 0 Å². The first-order chi connectivity index (χ1) is 9.37. The quantitative estimate of drug-likeness (QED) is 0.657. The van der Waals surface area contributed by atoms with Gasteiger partial charge in [0.15, 0.2) is 0 Å². The lowest BCUT2D eigenvalue weighted by Gasteiger charge is -2.22. The van der Waals surface area contributed by atoms with Crippen LogP contribution in [-0.2, 0) is 10.0 Å². The molecule has 1 heterocycles. The number of benzene rings is 1. The Hall–Kier alpha value is -1.58. The average molecular weight is 304 g/mol. The molecule has 1 aromatic carbocycles. The smallest absolute Gasteiger partial charge is 0.270 e. The maximum absolute atomic E-state index is 13.7. The monoisotopic (exact) mass is 304 g/mol. The second-order valence-corrected chi connectivity index (χ2v) is 6.33. The summed E-state index contributed by atoms with van der Waals surface area (Å²) in [4.78, 5) is 9.15. The Morgan fingerprint density at radius 3 is 2.80 bits per heavy atom. The second-order valence-electron chi connectivity index (χ2n) is 4.47. The summed E-state index contributed by atoms with van der Waals surface area (Å²) < 4.78 is 39.4. The van der Waals surface area contributed by atoms with Gasteiger partial charge in [-0.25, -0.2) is 12.8 Å². The SMILES string of the molecule is O=[N+]([O-])c1ccc(F)c(S(=O)(=O)N2CCC[C@@H]2CO)c1. The van der Waals surface area contributed by atoms with E-state index in [0.717, 1.165) is 16.4 Å². The van der Waals surface area contributed by atoms with Crippen molar-refractivity contribution in [2.45, 2.75) is 23.8 Å². The number of aliphatic hydroxyl groups is 1. The number of nitro groups is 1. The van der Waals surface area contributed by atoms with Crippen molar-refractivity contribution in [2.75, 3.05) is 13.2 Å². The first kappa shape index (κ1) is 14.8. The van der Waals surface area contributed by atoms with Crippen LogP contribution < -0.4 is 0 Å². The molecule has 1 saturated heterocycles. The molecule has 0 spiro atoms. The highest BCUT2D eigenvalue weighted by molar-refractivity contribution is 7.89. The Labute approximate surface area is 114 Å². The van der Waals surface area contributed by atoms with Gasteiger partial charge in [0.2, 0.25) is 10.0 Å². The van der Waals surface area contributed by atoms with Crippen molar-refractivity contribution in [1.82, 2.24) is 4.31 Å². The summed E-state index contributed by atoms with van der Waals surface area (Å²) in [6, 6.07) is 1.76. The van der Waals surface area contributed by atoms with Gasteiger partial charge >= 0.3 is 0 Å². The van der Waals surface area contributed by atoms with Crippen LogP contribution in [0.15, 0.2) is 23.1 Å². The van der Waals surface area contributed by atoms with E-state index in [4.69, 9.17) is 5.11 Å². The third-order valence-corrected chi connectivity index (χ3v) is 5.21. The van der Waals surface area contributed by atoms with Gasteiger partial charge in [-0.1, -0.05) is 0 Å². The first-order valence-electron chi connectivity index (χ1n) is 5.94. The van der Waals surface area contributed by atoms with Gasteiger partial charge in [-0.05, 0) is 18.9 Å². The van der Waals surface area contributed by atoms with Crippen molar-refractivity contribution in [2.24, 2.45) is 0 Å². The maximum Gasteiger partial charge on any atom is 0.270 e. The van der Waals surface area contributed by atoms with Gasteiger partial charge in [-0.3, -0.25) is 10.1 Å². The molecule has 2 rings (SSSR count). The Bertz CT molecular complexity index is 634. The lowest BCUT2D eigenvalue weighted by Crippen LogP contribution is -2.38. The zero-order valence-electron chi connectivity index (χ0n) is 10.4. The van der Waals surface area contributed by atoms with Crippen molar-refractivity contribution in [3.8, 4) is 0 Å². The maximum atomic E-state index is 13.7. The number of halogens is 1. The van der Waals surface area contributed by atoms with E-state index in [0.29, 0.717) is 18.9 Å². The van der Waals surface area contributed by atoms with Crippen molar-refractivity contribution in [3.63, 3.8) is 0 Å². The lowest BCUT2D eigenvalue weighted by molar-refractivity contribution is -0.385. The van der Waals surface area contributed by atoms with Gasteiger partial charge in [-0.2, -0.15) is 4.31 Å². The minimum absolute atomic E-state index is 0.162. The molecule has 1 fully saturated rings. The van der Waals surface area contributed by atoms with Crippen molar-refractivity contribution in [3.05, 3.63) is 34.1 Å². The zero-order valence-corrected chi connectivity index (χ0v) is 11.2.